The Morgan fingerprint density at radius 1 is 1.11 bits per heavy atom. The highest BCUT2D eigenvalue weighted by molar-refractivity contribution is 6.17. The molecule has 18 heavy (non-hydrogen) atoms. The van der Waals surface area contributed by atoms with Crippen LogP contribution in [0.4, 0.5) is 0 Å². The molecule has 2 aromatic rings. The zero-order valence-electron chi connectivity index (χ0n) is 10.1. The second kappa shape index (κ2) is 5.65. The summed E-state index contributed by atoms with van der Waals surface area (Å²) >= 11 is 5.99. The third-order valence-electron chi connectivity index (χ3n) is 2.78. The van der Waals surface area contributed by atoms with Crippen molar-refractivity contribution in [3.05, 3.63) is 66.4 Å². The van der Waals surface area contributed by atoms with Crippen LogP contribution >= 0.6 is 11.6 Å². The Balaban J connectivity index is 2.64. The second-order valence-corrected chi connectivity index (χ2v) is 4.14. The van der Waals surface area contributed by atoms with Gasteiger partial charge in [-0.25, -0.2) is 4.98 Å². The van der Waals surface area contributed by atoms with Gasteiger partial charge in [-0.15, -0.1) is 11.6 Å². The topological polar surface area (TPSA) is 12.9 Å². The van der Waals surface area contributed by atoms with Crippen LogP contribution in [-0.2, 0) is 5.88 Å². The van der Waals surface area contributed by atoms with Gasteiger partial charge in [0.05, 0.1) is 11.4 Å². The van der Waals surface area contributed by atoms with E-state index < -0.39 is 0 Å². The minimum atomic E-state index is 0.435. The number of nitrogens with zero attached hydrogens (tertiary/aromatic N) is 1. The Labute approximate surface area is 112 Å². The zero-order valence-corrected chi connectivity index (χ0v) is 10.8. The maximum atomic E-state index is 5.99. The minimum absolute atomic E-state index is 0.435. The quantitative estimate of drug-likeness (QED) is 0.717. The third kappa shape index (κ3) is 2.36. The summed E-state index contributed by atoms with van der Waals surface area (Å²) in [6, 6.07) is 12.0. The van der Waals surface area contributed by atoms with Gasteiger partial charge in [0, 0.05) is 17.0 Å². The smallest absolute Gasteiger partial charge is 0.0712 e. The Hall–Kier alpha value is -1.86. The summed E-state index contributed by atoms with van der Waals surface area (Å²) < 4.78 is 0. The Morgan fingerprint density at radius 3 is 2.39 bits per heavy atom. The van der Waals surface area contributed by atoms with Gasteiger partial charge in [0.15, 0.2) is 0 Å². The molecular weight excluding hydrogens is 242 g/mol. The van der Waals surface area contributed by atoms with Crippen LogP contribution in [0.1, 0.15) is 16.8 Å². The van der Waals surface area contributed by atoms with E-state index in [0.29, 0.717) is 5.88 Å². The molecule has 0 unspecified atom stereocenters. The molecule has 0 amide bonds. The van der Waals surface area contributed by atoms with E-state index in [1.165, 1.54) is 0 Å². The molecule has 2 heteroatoms. The molecule has 0 atom stereocenters. The number of hydrogen-bond donors (Lipinski definition) is 0. The number of benzene rings is 1. The lowest BCUT2D eigenvalue weighted by molar-refractivity contribution is 1.23. The SMILES string of the molecule is C=Cc1nc(-c2ccccc2)cc(CCl)c1C=C. The van der Waals surface area contributed by atoms with Crippen molar-refractivity contribution in [2.75, 3.05) is 0 Å². The summed E-state index contributed by atoms with van der Waals surface area (Å²) in [5.41, 5.74) is 4.78. The molecule has 0 radical (unpaired) electrons. The maximum Gasteiger partial charge on any atom is 0.0712 e. The lowest BCUT2D eigenvalue weighted by Gasteiger charge is -2.10. The standard InChI is InChI=1S/C16H14ClN/c1-3-14-13(11-17)10-16(18-15(14)4-2)12-8-6-5-7-9-12/h3-10H,1-2,11H2. The first-order chi connectivity index (χ1) is 8.80. The van der Waals surface area contributed by atoms with Gasteiger partial charge in [0.1, 0.15) is 0 Å². The van der Waals surface area contributed by atoms with Crippen LogP contribution in [0.3, 0.4) is 0 Å². The van der Waals surface area contributed by atoms with Crippen LogP contribution in [0.2, 0.25) is 0 Å². The molecule has 0 bridgehead atoms. The number of aromatic nitrogens is 1. The Kier molecular flexibility index (Phi) is 3.96. The fourth-order valence-corrected chi connectivity index (χ4v) is 2.11. The van der Waals surface area contributed by atoms with Gasteiger partial charge in [-0.2, -0.15) is 0 Å². The molecular formula is C16H14ClN. The predicted molar refractivity (Wildman–Crippen MR) is 79.4 cm³/mol. The van der Waals surface area contributed by atoms with Crippen molar-refractivity contribution >= 4 is 23.8 Å². The van der Waals surface area contributed by atoms with Gasteiger partial charge in [0.25, 0.3) is 0 Å². The van der Waals surface area contributed by atoms with E-state index in [0.717, 1.165) is 28.1 Å². The average Bonchev–Trinajstić information content (AvgIpc) is 2.46. The number of hydrogen-bond acceptors (Lipinski definition) is 1. The molecule has 2 rings (SSSR count). The lowest BCUT2D eigenvalue weighted by Crippen LogP contribution is -1.96. The number of alkyl halides is 1. The molecule has 0 N–H and O–H groups in total. The van der Waals surface area contributed by atoms with E-state index in [4.69, 9.17) is 11.6 Å². The third-order valence-corrected chi connectivity index (χ3v) is 3.07. The maximum absolute atomic E-state index is 5.99. The van der Waals surface area contributed by atoms with Crippen molar-refractivity contribution in [3.8, 4) is 11.3 Å². The molecule has 1 nitrogen and oxygen atoms in total. The second-order valence-electron chi connectivity index (χ2n) is 3.87. The number of halogens is 1. The van der Waals surface area contributed by atoms with E-state index in [-0.39, 0.29) is 0 Å². The number of pyridine rings is 1. The summed E-state index contributed by atoms with van der Waals surface area (Å²) in [6.45, 7) is 7.60. The van der Waals surface area contributed by atoms with Crippen LogP contribution in [0.5, 0.6) is 0 Å². The van der Waals surface area contributed by atoms with Gasteiger partial charge < -0.3 is 0 Å². The van der Waals surface area contributed by atoms with Crippen molar-refractivity contribution in [1.82, 2.24) is 4.98 Å². The molecule has 0 fully saturated rings. The van der Waals surface area contributed by atoms with Crippen LogP contribution in [0.15, 0.2) is 49.6 Å². The molecule has 0 aliphatic carbocycles. The van der Waals surface area contributed by atoms with E-state index >= 15 is 0 Å². The Bertz CT molecular complexity index is 573. The fraction of sp³-hybridized carbons (Fsp3) is 0.0625. The molecule has 1 aromatic carbocycles. The predicted octanol–water partition coefficient (Wildman–Crippen LogP) is 4.77. The highest BCUT2D eigenvalue weighted by atomic mass is 35.5. The highest BCUT2D eigenvalue weighted by Crippen LogP contribution is 2.25. The molecule has 1 aromatic heterocycles. The molecule has 90 valence electrons. The van der Waals surface area contributed by atoms with Gasteiger partial charge >= 0.3 is 0 Å². The Morgan fingerprint density at radius 2 is 1.83 bits per heavy atom. The first-order valence-corrected chi connectivity index (χ1v) is 6.23. The summed E-state index contributed by atoms with van der Waals surface area (Å²) in [4.78, 5) is 4.59. The van der Waals surface area contributed by atoms with Gasteiger partial charge in [-0.3, -0.25) is 0 Å². The van der Waals surface area contributed by atoms with Crippen molar-refractivity contribution in [2.45, 2.75) is 5.88 Å². The van der Waals surface area contributed by atoms with Crippen molar-refractivity contribution < 1.29 is 0 Å². The van der Waals surface area contributed by atoms with Gasteiger partial charge in [0.2, 0.25) is 0 Å². The van der Waals surface area contributed by atoms with E-state index in [2.05, 4.69) is 18.1 Å². The molecule has 0 spiro atoms. The molecule has 0 aliphatic heterocycles. The fourth-order valence-electron chi connectivity index (χ4n) is 1.89. The summed E-state index contributed by atoms with van der Waals surface area (Å²) in [5, 5.41) is 0. The monoisotopic (exact) mass is 255 g/mol. The highest BCUT2D eigenvalue weighted by Gasteiger charge is 2.08. The molecule has 0 saturated heterocycles. The van der Waals surface area contributed by atoms with Crippen molar-refractivity contribution in [3.63, 3.8) is 0 Å². The van der Waals surface area contributed by atoms with Gasteiger partial charge in [-0.1, -0.05) is 49.6 Å². The summed E-state index contributed by atoms with van der Waals surface area (Å²) in [5.74, 6) is 0.435. The molecule has 0 aliphatic rings. The average molecular weight is 256 g/mol. The molecule has 0 saturated carbocycles. The summed E-state index contributed by atoms with van der Waals surface area (Å²) in [7, 11) is 0. The van der Waals surface area contributed by atoms with E-state index in [1.54, 1.807) is 12.2 Å². The minimum Gasteiger partial charge on any atom is -0.248 e. The zero-order chi connectivity index (χ0) is 13.0. The number of rotatable bonds is 4. The largest absolute Gasteiger partial charge is 0.248 e. The first kappa shape index (κ1) is 12.6. The first-order valence-electron chi connectivity index (χ1n) is 5.70. The van der Waals surface area contributed by atoms with Crippen LogP contribution in [0.25, 0.3) is 23.4 Å². The summed E-state index contributed by atoms with van der Waals surface area (Å²) in [6.07, 6.45) is 3.51. The van der Waals surface area contributed by atoms with Crippen molar-refractivity contribution in [1.29, 1.82) is 0 Å². The van der Waals surface area contributed by atoms with Crippen molar-refractivity contribution in [2.24, 2.45) is 0 Å². The lowest BCUT2D eigenvalue weighted by atomic mass is 10.0. The van der Waals surface area contributed by atoms with E-state index in [1.807, 2.05) is 36.4 Å². The van der Waals surface area contributed by atoms with Crippen LogP contribution < -0.4 is 0 Å². The normalized spacial score (nSPS) is 10.1. The van der Waals surface area contributed by atoms with E-state index in [9.17, 15) is 0 Å². The molecule has 1 heterocycles. The van der Waals surface area contributed by atoms with Gasteiger partial charge in [-0.05, 0) is 17.7 Å². The van der Waals surface area contributed by atoms with Crippen LogP contribution in [0, 0.1) is 0 Å². The van der Waals surface area contributed by atoms with Crippen LogP contribution in [-0.4, -0.2) is 4.98 Å².